The zero-order valence-corrected chi connectivity index (χ0v) is 18.3. The molecule has 1 aliphatic heterocycles. The number of carbonyl (C=O) groups is 2. The van der Waals surface area contributed by atoms with Gasteiger partial charge in [-0.1, -0.05) is 25.0 Å². The molecule has 156 valence electrons. The summed E-state index contributed by atoms with van der Waals surface area (Å²) in [6.45, 7) is 5.53. The minimum Gasteiger partial charge on any atom is -0.459 e. The van der Waals surface area contributed by atoms with Crippen LogP contribution in [0.4, 0.5) is 5.69 Å². The largest absolute Gasteiger partial charge is 0.459 e. The highest BCUT2D eigenvalue weighted by molar-refractivity contribution is 7.80. The second-order valence-corrected chi connectivity index (χ2v) is 8.37. The van der Waals surface area contributed by atoms with Crippen LogP contribution in [0.25, 0.3) is 0 Å². The van der Waals surface area contributed by atoms with Crippen molar-refractivity contribution in [3.8, 4) is 0 Å². The molecule has 1 unspecified atom stereocenters. The smallest absolute Gasteiger partial charge is 0.338 e. The first-order chi connectivity index (χ1) is 13.8. The lowest BCUT2D eigenvalue weighted by Gasteiger charge is -2.35. The van der Waals surface area contributed by atoms with Gasteiger partial charge in [0.25, 0.3) is 0 Å². The number of allylic oxidation sites excluding steroid dienone is 1. The maximum Gasteiger partial charge on any atom is 0.338 e. The Kier molecular flexibility index (Phi) is 6.57. The molecule has 1 aromatic rings. The van der Waals surface area contributed by atoms with Gasteiger partial charge in [-0.25, -0.2) is 4.79 Å². The summed E-state index contributed by atoms with van der Waals surface area (Å²) in [5, 5.41) is 6.78. The van der Waals surface area contributed by atoms with Crippen molar-refractivity contribution >= 4 is 34.9 Å². The lowest BCUT2D eigenvalue weighted by atomic mass is 9.95. The van der Waals surface area contributed by atoms with Crippen molar-refractivity contribution in [3.63, 3.8) is 0 Å². The van der Waals surface area contributed by atoms with Gasteiger partial charge in [-0.2, -0.15) is 0 Å². The number of hydrogen-bond acceptors (Lipinski definition) is 4. The monoisotopic (exact) mass is 415 g/mol. The molecule has 29 heavy (non-hydrogen) atoms. The number of nitrogens with zero attached hydrogens (tertiary/aromatic N) is 1. The van der Waals surface area contributed by atoms with Crippen molar-refractivity contribution in [1.29, 1.82) is 0 Å². The number of esters is 1. The van der Waals surface area contributed by atoms with E-state index in [0.29, 0.717) is 10.7 Å². The van der Waals surface area contributed by atoms with Gasteiger partial charge in [0.15, 0.2) is 5.11 Å². The molecule has 3 rings (SSSR count). The van der Waals surface area contributed by atoms with E-state index in [0.717, 1.165) is 42.6 Å². The van der Waals surface area contributed by atoms with Crippen LogP contribution in [-0.2, 0) is 14.3 Å². The van der Waals surface area contributed by atoms with Gasteiger partial charge < -0.3 is 20.3 Å². The highest BCUT2D eigenvalue weighted by Crippen LogP contribution is 2.32. The van der Waals surface area contributed by atoms with Gasteiger partial charge in [0.2, 0.25) is 5.91 Å². The minimum atomic E-state index is -0.399. The first-order valence-electron chi connectivity index (χ1n) is 10.1. The Morgan fingerprint density at radius 2 is 1.83 bits per heavy atom. The molecule has 2 aliphatic rings. The number of hydrogen-bond donors (Lipinski definition) is 2. The molecular weight excluding hydrogens is 386 g/mol. The molecule has 1 saturated carbocycles. The molecule has 0 saturated heterocycles. The van der Waals surface area contributed by atoms with Crippen molar-refractivity contribution in [2.45, 2.75) is 58.6 Å². The van der Waals surface area contributed by atoms with Crippen LogP contribution in [-0.4, -0.2) is 35.0 Å². The van der Waals surface area contributed by atoms with E-state index in [9.17, 15) is 9.59 Å². The second-order valence-electron chi connectivity index (χ2n) is 7.99. The summed E-state index contributed by atoms with van der Waals surface area (Å²) in [6, 6.07) is 7.15. The number of nitrogens with one attached hydrogen (secondary N) is 2. The number of anilines is 1. The second kappa shape index (κ2) is 8.95. The normalized spacial score (nSPS) is 20.1. The molecule has 1 atom stereocenters. The quantitative estimate of drug-likeness (QED) is 0.561. The minimum absolute atomic E-state index is 0.0887. The third-order valence-electron chi connectivity index (χ3n) is 5.55. The Bertz CT molecular complexity index is 826. The van der Waals surface area contributed by atoms with Gasteiger partial charge in [-0.15, -0.1) is 0 Å². The summed E-state index contributed by atoms with van der Waals surface area (Å²) >= 11 is 5.43. The average Bonchev–Trinajstić information content (AvgIpc) is 3.20. The molecule has 7 heteroatoms. The predicted molar refractivity (Wildman–Crippen MR) is 117 cm³/mol. The number of thiocarbonyl (C=S) groups is 1. The van der Waals surface area contributed by atoms with E-state index >= 15 is 0 Å². The van der Waals surface area contributed by atoms with Crippen molar-refractivity contribution in [2.24, 2.45) is 5.92 Å². The summed E-state index contributed by atoms with van der Waals surface area (Å²) in [5.41, 5.74) is 2.95. The molecule has 1 fully saturated rings. The van der Waals surface area contributed by atoms with Crippen LogP contribution in [0.2, 0.25) is 0 Å². The van der Waals surface area contributed by atoms with Crippen molar-refractivity contribution in [3.05, 3.63) is 41.1 Å². The number of amides is 1. The zero-order valence-electron chi connectivity index (χ0n) is 17.5. The van der Waals surface area contributed by atoms with Crippen molar-refractivity contribution in [1.82, 2.24) is 10.2 Å². The third kappa shape index (κ3) is 4.78. The van der Waals surface area contributed by atoms with E-state index in [1.807, 2.05) is 52.1 Å². The van der Waals surface area contributed by atoms with E-state index in [2.05, 4.69) is 10.6 Å². The maximum atomic E-state index is 12.8. The summed E-state index contributed by atoms with van der Waals surface area (Å²) in [5.74, 6) is -0.153. The molecule has 0 spiro atoms. The van der Waals surface area contributed by atoms with Crippen molar-refractivity contribution in [2.75, 3.05) is 12.4 Å². The zero-order chi connectivity index (χ0) is 21.1. The Hall–Kier alpha value is -2.41. The van der Waals surface area contributed by atoms with E-state index < -0.39 is 6.04 Å². The molecule has 1 aliphatic carbocycles. The molecule has 1 aromatic carbocycles. The summed E-state index contributed by atoms with van der Waals surface area (Å²) < 4.78 is 5.46. The lowest BCUT2D eigenvalue weighted by Crippen LogP contribution is -2.46. The summed E-state index contributed by atoms with van der Waals surface area (Å²) in [6.07, 6.45) is 3.97. The van der Waals surface area contributed by atoms with Gasteiger partial charge >= 0.3 is 5.97 Å². The number of carbonyl (C=O) groups excluding carboxylic acids is 2. The van der Waals surface area contributed by atoms with Gasteiger partial charge in [0.1, 0.15) is 0 Å². The fourth-order valence-electron chi connectivity index (χ4n) is 3.82. The number of benzene rings is 1. The van der Waals surface area contributed by atoms with E-state index in [1.165, 1.54) is 0 Å². The fourth-order valence-corrected chi connectivity index (χ4v) is 4.07. The van der Waals surface area contributed by atoms with Crippen LogP contribution < -0.4 is 10.6 Å². The first-order valence-corrected chi connectivity index (χ1v) is 10.6. The molecule has 6 nitrogen and oxygen atoms in total. The van der Waals surface area contributed by atoms with Crippen LogP contribution in [0.15, 0.2) is 35.5 Å². The van der Waals surface area contributed by atoms with Crippen LogP contribution >= 0.6 is 12.2 Å². The van der Waals surface area contributed by atoms with Crippen LogP contribution in [0.3, 0.4) is 0 Å². The van der Waals surface area contributed by atoms with E-state index in [1.54, 1.807) is 4.90 Å². The Morgan fingerprint density at radius 1 is 1.21 bits per heavy atom. The topological polar surface area (TPSA) is 70.7 Å². The third-order valence-corrected chi connectivity index (χ3v) is 5.95. The molecule has 1 heterocycles. The molecular formula is C22H29N3O3S. The Morgan fingerprint density at radius 3 is 2.41 bits per heavy atom. The van der Waals surface area contributed by atoms with Gasteiger partial charge in [-0.05, 0) is 63.5 Å². The summed E-state index contributed by atoms with van der Waals surface area (Å²) in [4.78, 5) is 26.9. The predicted octanol–water partition coefficient (Wildman–Crippen LogP) is 3.90. The fraction of sp³-hybridized carbons (Fsp3) is 0.500. The standard InChI is InChI=1S/C22H29N3O3S/c1-13(2)28-21(27)18-14(3)25(4)22(29)24-19(18)15-9-11-17(12-10-15)23-20(26)16-7-5-6-8-16/h9-13,16,19H,5-8H2,1-4H3,(H,23,26)(H,24,29). The number of rotatable bonds is 5. The number of ether oxygens (including phenoxy) is 1. The van der Waals surface area contributed by atoms with E-state index in [-0.39, 0.29) is 23.9 Å². The van der Waals surface area contributed by atoms with Crippen molar-refractivity contribution < 1.29 is 14.3 Å². The van der Waals surface area contributed by atoms with Gasteiger partial charge in [0.05, 0.1) is 17.7 Å². The maximum absolute atomic E-state index is 12.8. The molecule has 0 bridgehead atoms. The van der Waals surface area contributed by atoms with Gasteiger partial charge in [0, 0.05) is 24.4 Å². The van der Waals surface area contributed by atoms with Crippen LogP contribution in [0, 0.1) is 5.92 Å². The Labute approximate surface area is 177 Å². The first kappa shape index (κ1) is 21.3. The van der Waals surface area contributed by atoms with E-state index in [4.69, 9.17) is 17.0 Å². The SMILES string of the molecule is CC1=C(C(=O)OC(C)C)C(c2ccc(NC(=O)C3CCCC3)cc2)NC(=S)N1C. The van der Waals surface area contributed by atoms with Crippen LogP contribution in [0.5, 0.6) is 0 Å². The average molecular weight is 416 g/mol. The van der Waals surface area contributed by atoms with Crippen LogP contribution in [0.1, 0.15) is 58.1 Å². The Balaban J connectivity index is 1.82. The molecule has 0 aromatic heterocycles. The summed E-state index contributed by atoms with van der Waals surface area (Å²) in [7, 11) is 1.82. The highest BCUT2D eigenvalue weighted by Gasteiger charge is 2.33. The highest BCUT2D eigenvalue weighted by atomic mass is 32.1. The molecule has 0 radical (unpaired) electrons. The molecule has 1 amide bonds. The van der Waals surface area contributed by atoms with Gasteiger partial charge in [-0.3, -0.25) is 4.79 Å². The molecule has 2 N–H and O–H groups in total. The lowest BCUT2D eigenvalue weighted by molar-refractivity contribution is -0.143.